The molecule has 2 heterocycles. The van der Waals surface area contributed by atoms with Gasteiger partial charge in [0.15, 0.2) is 5.82 Å². The van der Waals surface area contributed by atoms with Gasteiger partial charge in [0, 0.05) is 30.9 Å². The zero-order valence-corrected chi connectivity index (χ0v) is 20.4. The number of hydrogen-bond acceptors (Lipinski definition) is 8. The van der Waals surface area contributed by atoms with Gasteiger partial charge in [-0.15, -0.1) is 0 Å². The molecule has 0 spiro atoms. The van der Waals surface area contributed by atoms with E-state index >= 15 is 0 Å². The predicted octanol–water partition coefficient (Wildman–Crippen LogP) is 1.51. The molecule has 0 aliphatic carbocycles. The van der Waals surface area contributed by atoms with Crippen LogP contribution in [-0.4, -0.2) is 73.1 Å². The van der Waals surface area contributed by atoms with Crippen molar-refractivity contribution in [2.24, 2.45) is 27.4 Å². The van der Waals surface area contributed by atoms with Gasteiger partial charge in [0.05, 0.1) is 38.7 Å². The first-order chi connectivity index (χ1) is 16.9. The van der Waals surface area contributed by atoms with E-state index in [0.717, 1.165) is 25.2 Å². The van der Waals surface area contributed by atoms with Gasteiger partial charge in [-0.1, -0.05) is 13.8 Å². The highest BCUT2D eigenvalue weighted by Gasteiger charge is 2.14. The maximum atomic E-state index is 9.58. The Balaban J connectivity index is 1.68. The van der Waals surface area contributed by atoms with Crippen LogP contribution >= 0.6 is 0 Å². The van der Waals surface area contributed by atoms with Crippen LogP contribution in [0.3, 0.4) is 0 Å². The van der Waals surface area contributed by atoms with E-state index in [1.165, 1.54) is 6.33 Å². The van der Waals surface area contributed by atoms with Gasteiger partial charge in [0.25, 0.3) is 0 Å². The summed E-state index contributed by atoms with van der Waals surface area (Å²) in [5.74, 6) is 1.86. The number of aliphatic hydroxyl groups is 1. The van der Waals surface area contributed by atoms with Crippen LogP contribution in [0.1, 0.15) is 20.3 Å². The van der Waals surface area contributed by atoms with Gasteiger partial charge in [-0.05, 0) is 24.5 Å². The van der Waals surface area contributed by atoms with E-state index < -0.39 is 0 Å². The van der Waals surface area contributed by atoms with Crippen LogP contribution in [0.5, 0.6) is 5.75 Å². The van der Waals surface area contributed by atoms with Crippen molar-refractivity contribution in [2.45, 2.75) is 26.3 Å². The molecule has 0 bridgehead atoms. The summed E-state index contributed by atoms with van der Waals surface area (Å²) in [5.41, 5.74) is 13.7. The Bertz CT molecular complexity index is 1020. The van der Waals surface area contributed by atoms with Gasteiger partial charge in [0.1, 0.15) is 17.9 Å². The third-order valence-electron chi connectivity index (χ3n) is 5.27. The second-order valence-corrected chi connectivity index (χ2v) is 8.49. The predicted molar refractivity (Wildman–Crippen MR) is 139 cm³/mol. The van der Waals surface area contributed by atoms with Crippen molar-refractivity contribution < 1.29 is 14.6 Å². The highest BCUT2D eigenvalue weighted by molar-refractivity contribution is 6.01. The zero-order chi connectivity index (χ0) is 25.2. The lowest BCUT2D eigenvalue weighted by molar-refractivity contribution is 0.122. The van der Waals surface area contributed by atoms with Crippen LogP contribution in [0.25, 0.3) is 0 Å². The van der Waals surface area contributed by atoms with Crippen molar-refractivity contribution in [2.75, 3.05) is 55.6 Å². The number of nitrogens with zero attached hydrogens (tertiary/aromatic N) is 5. The molecule has 0 saturated carbocycles. The fourth-order valence-electron chi connectivity index (χ4n) is 3.68. The average Bonchev–Trinajstić information content (AvgIpc) is 2.84. The lowest BCUT2D eigenvalue weighted by Gasteiger charge is -2.29. The van der Waals surface area contributed by atoms with Crippen LogP contribution in [0.4, 0.5) is 23.0 Å². The molecular weight excluding hydrogens is 450 g/mol. The Hall–Kier alpha value is -3.64. The molecule has 1 fully saturated rings. The van der Waals surface area contributed by atoms with Crippen molar-refractivity contribution >= 4 is 34.9 Å². The zero-order valence-electron chi connectivity index (χ0n) is 20.4. The normalized spacial score (nSPS) is 15.7. The van der Waals surface area contributed by atoms with Crippen molar-refractivity contribution in [1.29, 1.82) is 0 Å². The minimum Gasteiger partial charge on any atom is -0.494 e. The van der Waals surface area contributed by atoms with Crippen molar-refractivity contribution in [3.63, 3.8) is 0 Å². The molecule has 1 saturated heterocycles. The molecule has 1 aliphatic heterocycles. The molecule has 2 aromatic rings. The number of nitrogens with two attached hydrogens (primary N) is 2. The molecule has 1 atom stereocenters. The molecule has 1 aromatic heterocycles. The van der Waals surface area contributed by atoms with E-state index in [-0.39, 0.29) is 24.6 Å². The van der Waals surface area contributed by atoms with E-state index in [2.05, 4.69) is 49.3 Å². The number of guanidine groups is 2. The van der Waals surface area contributed by atoms with E-state index in [0.29, 0.717) is 42.2 Å². The van der Waals surface area contributed by atoms with E-state index in [4.69, 9.17) is 20.9 Å². The molecule has 1 aromatic carbocycles. The Morgan fingerprint density at radius 2 is 2.00 bits per heavy atom. The summed E-state index contributed by atoms with van der Waals surface area (Å²) in [5, 5.41) is 15.8. The summed E-state index contributed by atoms with van der Waals surface area (Å²) in [7, 11) is 1.59. The topological polar surface area (TPSA) is 169 Å². The van der Waals surface area contributed by atoms with Gasteiger partial charge in [-0.3, -0.25) is 0 Å². The maximum absolute atomic E-state index is 9.58. The number of anilines is 3. The summed E-state index contributed by atoms with van der Waals surface area (Å²) in [4.78, 5) is 18.8. The Morgan fingerprint density at radius 3 is 2.69 bits per heavy atom. The molecule has 35 heavy (non-hydrogen) atoms. The van der Waals surface area contributed by atoms with Crippen LogP contribution in [0.15, 0.2) is 40.6 Å². The summed E-state index contributed by atoms with van der Waals surface area (Å²) in [6, 6.07) is 7.29. The molecular formula is C23H35N9O3. The number of ether oxygens (including phenoxy) is 2. The number of aliphatic hydroxyl groups excluding tert-OH is 1. The van der Waals surface area contributed by atoms with Gasteiger partial charge < -0.3 is 41.6 Å². The third-order valence-corrected chi connectivity index (χ3v) is 5.27. The van der Waals surface area contributed by atoms with Gasteiger partial charge in [-0.25, -0.2) is 9.97 Å². The average molecular weight is 486 g/mol. The minimum atomic E-state index is -0.124. The Morgan fingerprint density at radius 1 is 1.23 bits per heavy atom. The minimum absolute atomic E-state index is 0.00763. The molecule has 12 heteroatoms. The Labute approximate surface area is 205 Å². The molecule has 0 radical (unpaired) electrons. The smallest absolute Gasteiger partial charge is 0.225 e. The highest BCUT2D eigenvalue weighted by Crippen LogP contribution is 2.30. The molecule has 0 amide bonds. The number of morpholine rings is 1. The first-order valence-electron chi connectivity index (χ1n) is 11.5. The lowest BCUT2D eigenvalue weighted by atomic mass is 10.0. The second-order valence-electron chi connectivity index (χ2n) is 8.49. The third kappa shape index (κ3) is 7.97. The molecule has 12 nitrogen and oxygen atoms in total. The first kappa shape index (κ1) is 26.0. The standard InChI is InChI=1S/C23H35N9O3/c1-15(2)10-16(13-33)28-20-12-21(27-14-26-20)30-23(25)31-22(24)29-18-5-4-17(11-19(18)34-3)32-6-8-35-9-7-32/h4-5,11-12,14-16,33H,6-10,13H2,1-3H3,(H6,24,25,26,27,28,29,30,31)/t16-/m0/s1. The van der Waals surface area contributed by atoms with Crippen molar-refractivity contribution in [3.05, 3.63) is 30.6 Å². The van der Waals surface area contributed by atoms with E-state index in [1.807, 2.05) is 18.2 Å². The fraction of sp³-hybridized carbons (Fsp3) is 0.478. The maximum Gasteiger partial charge on any atom is 0.225 e. The van der Waals surface area contributed by atoms with Crippen molar-refractivity contribution in [1.82, 2.24) is 9.97 Å². The van der Waals surface area contributed by atoms with Gasteiger partial charge >= 0.3 is 0 Å². The van der Waals surface area contributed by atoms with Crippen LogP contribution in [-0.2, 0) is 4.74 Å². The number of nitrogens with one attached hydrogen (secondary N) is 2. The summed E-state index contributed by atoms with van der Waals surface area (Å²) < 4.78 is 10.9. The SMILES string of the molecule is COc1cc(N2CCOCC2)ccc1N/C(N)=N/C(N)=Nc1cc(N[C@H](CO)CC(C)C)ncn1. The van der Waals surface area contributed by atoms with Gasteiger partial charge in [0.2, 0.25) is 11.9 Å². The molecule has 190 valence electrons. The van der Waals surface area contributed by atoms with Crippen LogP contribution in [0.2, 0.25) is 0 Å². The largest absolute Gasteiger partial charge is 0.494 e. The number of benzene rings is 1. The fourth-order valence-corrected chi connectivity index (χ4v) is 3.68. The molecule has 1 aliphatic rings. The van der Waals surface area contributed by atoms with Crippen LogP contribution < -0.4 is 31.7 Å². The molecule has 7 N–H and O–H groups in total. The first-order valence-corrected chi connectivity index (χ1v) is 11.5. The summed E-state index contributed by atoms with van der Waals surface area (Å²) in [6.45, 7) is 7.22. The van der Waals surface area contributed by atoms with E-state index in [9.17, 15) is 5.11 Å². The highest BCUT2D eigenvalue weighted by atomic mass is 16.5. The Kier molecular flexibility index (Phi) is 9.44. The summed E-state index contributed by atoms with van der Waals surface area (Å²) >= 11 is 0. The molecule has 3 rings (SSSR count). The van der Waals surface area contributed by atoms with E-state index in [1.54, 1.807) is 13.2 Å². The monoisotopic (exact) mass is 485 g/mol. The lowest BCUT2D eigenvalue weighted by Crippen LogP contribution is -2.36. The van der Waals surface area contributed by atoms with Crippen LogP contribution in [0, 0.1) is 5.92 Å². The quantitative estimate of drug-likeness (QED) is 0.259. The summed E-state index contributed by atoms with van der Waals surface area (Å²) in [6.07, 6.45) is 2.16. The number of aromatic nitrogens is 2. The number of aliphatic imine (C=N–C) groups is 2. The van der Waals surface area contributed by atoms with Gasteiger partial charge in [-0.2, -0.15) is 9.98 Å². The second kappa shape index (κ2) is 12.7. The molecule has 0 unspecified atom stereocenters. The van der Waals surface area contributed by atoms with Crippen molar-refractivity contribution in [3.8, 4) is 5.75 Å². The number of rotatable bonds is 9. The number of hydrogen-bond donors (Lipinski definition) is 5. The number of methoxy groups -OCH3 is 1.